The van der Waals surface area contributed by atoms with Gasteiger partial charge in [0, 0.05) is 18.5 Å². The molecule has 8 heteroatoms. The Hall–Kier alpha value is -3.13. The molecule has 1 amide bonds. The second-order valence-electron chi connectivity index (χ2n) is 7.59. The van der Waals surface area contributed by atoms with Crippen molar-refractivity contribution >= 4 is 17.3 Å². The molecule has 2 aliphatic rings. The number of anilines is 1. The van der Waals surface area contributed by atoms with Crippen LogP contribution in [0.2, 0.25) is 0 Å². The Kier molecular flexibility index (Phi) is 5.85. The van der Waals surface area contributed by atoms with Gasteiger partial charge in [-0.15, -0.1) is 0 Å². The number of nitrogens with zero attached hydrogens (tertiary/aromatic N) is 2. The number of para-hydroxylation sites is 2. The average Bonchev–Trinajstić information content (AvgIpc) is 3.11. The van der Waals surface area contributed by atoms with Gasteiger partial charge < -0.3 is 14.8 Å². The lowest BCUT2D eigenvalue weighted by Gasteiger charge is -2.30. The van der Waals surface area contributed by atoms with E-state index in [0.717, 1.165) is 42.9 Å². The van der Waals surface area contributed by atoms with E-state index in [4.69, 9.17) is 9.47 Å². The molecule has 0 bridgehead atoms. The predicted molar refractivity (Wildman–Crippen MR) is 112 cm³/mol. The molecule has 0 aliphatic carbocycles. The van der Waals surface area contributed by atoms with Crippen molar-refractivity contribution in [1.82, 2.24) is 4.90 Å². The molecule has 1 N–H and O–H groups in total. The van der Waals surface area contributed by atoms with Gasteiger partial charge in [0.15, 0.2) is 11.5 Å². The highest BCUT2D eigenvalue weighted by Gasteiger charge is 2.34. The second-order valence-corrected chi connectivity index (χ2v) is 7.59. The Morgan fingerprint density at radius 1 is 1.17 bits per heavy atom. The van der Waals surface area contributed by atoms with Crippen LogP contribution in [0.15, 0.2) is 42.5 Å². The van der Waals surface area contributed by atoms with Gasteiger partial charge in [-0.2, -0.15) is 0 Å². The van der Waals surface area contributed by atoms with E-state index in [1.165, 1.54) is 6.07 Å². The van der Waals surface area contributed by atoms with E-state index in [-0.39, 0.29) is 23.3 Å². The summed E-state index contributed by atoms with van der Waals surface area (Å²) in [5.74, 6) is 1.24. The Balaban J connectivity index is 1.51. The zero-order valence-corrected chi connectivity index (χ0v) is 16.9. The first kappa shape index (κ1) is 20.2. The molecule has 1 saturated heterocycles. The van der Waals surface area contributed by atoms with E-state index < -0.39 is 11.0 Å². The minimum absolute atomic E-state index is 0.0775. The molecular weight excluding hydrogens is 386 g/mol. The first-order chi connectivity index (χ1) is 14.5. The van der Waals surface area contributed by atoms with Gasteiger partial charge in [0.25, 0.3) is 5.69 Å². The van der Waals surface area contributed by atoms with Crippen molar-refractivity contribution in [2.75, 3.05) is 25.1 Å². The van der Waals surface area contributed by atoms with E-state index in [0.29, 0.717) is 13.2 Å². The number of carbonyl (C=O) groups is 1. The first-order valence-electron chi connectivity index (χ1n) is 10.2. The number of likely N-dealkylation sites (tertiary alicyclic amines) is 1. The number of nitro benzene ring substituents is 1. The van der Waals surface area contributed by atoms with Gasteiger partial charge >= 0.3 is 0 Å². The van der Waals surface area contributed by atoms with Gasteiger partial charge in [-0.25, -0.2) is 0 Å². The van der Waals surface area contributed by atoms with Crippen molar-refractivity contribution in [2.45, 2.75) is 38.3 Å². The van der Waals surface area contributed by atoms with Crippen molar-refractivity contribution in [3.63, 3.8) is 0 Å². The highest BCUT2D eigenvalue weighted by atomic mass is 16.6. The Labute approximate surface area is 174 Å². The molecule has 158 valence electrons. The second kappa shape index (κ2) is 8.71. The normalized spacial score (nSPS) is 19.7. The molecular formula is C22H25N3O5. The van der Waals surface area contributed by atoms with E-state index in [1.54, 1.807) is 18.2 Å². The van der Waals surface area contributed by atoms with Crippen LogP contribution in [0.1, 0.15) is 37.8 Å². The fourth-order valence-electron chi connectivity index (χ4n) is 4.12. The molecule has 2 atom stereocenters. The van der Waals surface area contributed by atoms with Crippen LogP contribution >= 0.6 is 0 Å². The average molecular weight is 411 g/mol. The number of amides is 1. The number of ether oxygens (including phenoxy) is 2. The molecule has 2 aliphatic heterocycles. The molecule has 8 nitrogen and oxygen atoms in total. The van der Waals surface area contributed by atoms with Crippen LogP contribution in [-0.4, -0.2) is 41.5 Å². The fraction of sp³-hybridized carbons (Fsp3) is 0.409. The van der Waals surface area contributed by atoms with E-state index in [1.807, 2.05) is 25.1 Å². The van der Waals surface area contributed by atoms with Gasteiger partial charge in [0.2, 0.25) is 5.91 Å². The van der Waals surface area contributed by atoms with Crippen molar-refractivity contribution in [1.29, 1.82) is 0 Å². The summed E-state index contributed by atoms with van der Waals surface area (Å²) in [6, 6.07) is 11.8. The fourth-order valence-corrected chi connectivity index (χ4v) is 4.12. The number of hydrogen-bond donors (Lipinski definition) is 1. The molecule has 2 heterocycles. The number of carbonyl (C=O) groups excluding carboxylic acids is 1. The van der Waals surface area contributed by atoms with E-state index in [9.17, 15) is 14.9 Å². The van der Waals surface area contributed by atoms with Crippen molar-refractivity contribution < 1.29 is 19.2 Å². The van der Waals surface area contributed by atoms with Gasteiger partial charge in [-0.1, -0.05) is 18.2 Å². The smallest absolute Gasteiger partial charge is 0.292 e. The Bertz CT molecular complexity index is 948. The third-order valence-corrected chi connectivity index (χ3v) is 5.69. The molecule has 2 aromatic carbocycles. The summed E-state index contributed by atoms with van der Waals surface area (Å²) in [6.07, 6.45) is 2.76. The van der Waals surface area contributed by atoms with Crippen LogP contribution in [0.4, 0.5) is 11.4 Å². The molecule has 30 heavy (non-hydrogen) atoms. The zero-order chi connectivity index (χ0) is 21.1. The Morgan fingerprint density at radius 3 is 2.73 bits per heavy atom. The number of hydrogen-bond acceptors (Lipinski definition) is 6. The number of benzene rings is 2. The number of nitro groups is 1. The van der Waals surface area contributed by atoms with Gasteiger partial charge in [0.1, 0.15) is 5.69 Å². The highest BCUT2D eigenvalue weighted by Crippen LogP contribution is 2.39. The SMILES string of the molecule is C[C@H](C(=O)Nc1ccccc1[N+](=O)[O-])N1CCC[C@@H]1c1ccc2c(c1)OCCCO2. The highest BCUT2D eigenvalue weighted by molar-refractivity contribution is 5.96. The van der Waals surface area contributed by atoms with E-state index in [2.05, 4.69) is 10.2 Å². The third-order valence-electron chi connectivity index (χ3n) is 5.69. The first-order valence-corrected chi connectivity index (χ1v) is 10.2. The van der Waals surface area contributed by atoms with Crippen LogP contribution in [0.25, 0.3) is 0 Å². The number of rotatable bonds is 5. The van der Waals surface area contributed by atoms with E-state index >= 15 is 0 Å². The Morgan fingerprint density at radius 2 is 1.93 bits per heavy atom. The van der Waals surface area contributed by atoms with Gasteiger partial charge in [0.05, 0.1) is 24.2 Å². The molecule has 2 aromatic rings. The molecule has 0 radical (unpaired) electrons. The molecule has 0 aromatic heterocycles. The largest absolute Gasteiger partial charge is 0.490 e. The lowest BCUT2D eigenvalue weighted by atomic mass is 10.0. The quantitative estimate of drug-likeness (QED) is 0.592. The third kappa shape index (κ3) is 4.09. The number of nitrogens with one attached hydrogen (secondary N) is 1. The summed E-state index contributed by atoms with van der Waals surface area (Å²) in [5.41, 5.74) is 1.19. The van der Waals surface area contributed by atoms with Crippen molar-refractivity contribution in [3.8, 4) is 11.5 Å². The minimum Gasteiger partial charge on any atom is -0.490 e. The number of fused-ring (bicyclic) bond motifs is 1. The summed E-state index contributed by atoms with van der Waals surface area (Å²) in [6.45, 7) is 3.89. The topological polar surface area (TPSA) is 93.9 Å². The molecule has 0 saturated carbocycles. The summed E-state index contributed by atoms with van der Waals surface area (Å²) in [7, 11) is 0. The summed E-state index contributed by atoms with van der Waals surface area (Å²) >= 11 is 0. The van der Waals surface area contributed by atoms with Crippen LogP contribution in [-0.2, 0) is 4.79 Å². The molecule has 0 unspecified atom stereocenters. The monoisotopic (exact) mass is 411 g/mol. The maximum Gasteiger partial charge on any atom is 0.292 e. The van der Waals surface area contributed by atoms with Crippen molar-refractivity contribution in [3.05, 3.63) is 58.1 Å². The minimum atomic E-state index is -0.489. The lowest BCUT2D eigenvalue weighted by molar-refractivity contribution is -0.383. The van der Waals surface area contributed by atoms with Crippen LogP contribution in [0, 0.1) is 10.1 Å². The standard InChI is InChI=1S/C22H25N3O5/c1-15(22(26)23-17-6-2-3-7-19(17)25(27)28)24-11-4-8-18(24)16-9-10-20-21(14-16)30-13-5-12-29-20/h2-3,6-7,9-10,14-15,18H,4-5,8,11-13H2,1H3,(H,23,26)/t15-,18-/m1/s1. The van der Waals surface area contributed by atoms with Crippen LogP contribution < -0.4 is 14.8 Å². The molecule has 4 rings (SSSR count). The summed E-state index contributed by atoms with van der Waals surface area (Å²) in [5, 5.41) is 14.0. The van der Waals surface area contributed by atoms with Crippen LogP contribution in [0.3, 0.4) is 0 Å². The van der Waals surface area contributed by atoms with Crippen LogP contribution in [0.5, 0.6) is 11.5 Å². The van der Waals surface area contributed by atoms with Gasteiger partial charge in [-0.05, 0) is 50.1 Å². The summed E-state index contributed by atoms with van der Waals surface area (Å²) < 4.78 is 11.5. The molecule has 0 spiro atoms. The zero-order valence-electron chi connectivity index (χ0n) is 16.9. The maximum atomic E-state index is 12.9. The van der Waals surface area contributed by atoms with Gasteiger partial charge in [-0.3, -0.25) is 19.8 Å². The molecule has 1 fully saturated rings. The van der Waals surface area contributed by atoms with Crippen molar-refractivity contribution in [2.24, 2.45) is 0 Å². The maximum absolute atomic E-state index is 12.9. The predicted octanol–water partition coefficient (Wildman–Crippen LogP) is 3.92. The lowest BCUT2D eigenvalue weighted by Crippen LogP contribution is -2.41. The summed E-state index contributed by atoms with van der Waals surface area (Å²) in [4.78, 5) is 25.8.